The maximum absolute atomic E-state index is 2.49. The monoisotopic (exact) mass is 346 g/mol. The molecule has 0 N–H and O–H groups in total. The molecule has 25 heavy (non-hydrogen) atoms. The molecule has 2 heteroatoms. The van der Waals surface area contributed by atoms with Crippen molar-refractivity contribution in [2.24, 2.45) is 0 Å². The van der Waals surface area contributed by atoms with Crippen LogP contribution in [0.1, 0.15) is 33.9 Å². The zero-order valence-electron chi connectivity index (χ0n) is 16.2. The van der Waals surface area contributed by atoms with E-state index in [1.807, 2.05) is 0 Å². The van der Waals surface area contributed by atoms with Crippen LogP contribution in [0.2, 0.25) is 13.1 Å². The van der Waals surface area contributed by atoms with Crippen molar-refractivity contribution in [2.45, 2.75) is 39.9 Å². The van der Waals surface area contributed by atoms with E-state index in [0.717, 1.165) is 0 Å². The number of nitrogens with zero attached hydrogens (tertiary/aromatic N) is 1. The summed E-state index contributed by atoms with van der Waals surface area (Å²) in [4.78, 5) is 2.38. The zero-order chi connectivity index (χ0) is 18.1. The van der Waals surface area contributed by atoms with Crippen LogP contribution >= 0.6 is 0 Å². The van der Waals surface area contributed by atoms with Crippen LogP contribution in [-0.4, -0.2) is 20.7 Å². The van der Waals surface area contributed by atoms with Gasteiger partial charge in [0.25, 0.3) is 0 Å². The number of rotatable bonds is 3. The molecule has 0 spiro atoms. The Kier molecular flexibility index (Phi) is 5.00. The standard InChI is InChI=1S/C23H28NSi/c1-16-10-7-8-13-19(16)21-14-20(22(25(5)6)15-24(21)4)23-17(2)11-9-12-18(23)3/h7-15,21H,1-6H3. The van der Waals surface area contributed by atoms with Crippen LogP contribution in [0.4, 0.5) is 0 Å². The molecule has 3 rings (SSSR count). The molecule has 0 fully saturated rings. The number of allylic oxidation sites excluding steroid dienone is 2. The summed E-state index contributed by atoms with van der Waals surface area (Å²) in [5, 5.41) is 1.52. The Balaban J connectivity index is 2.19. The summed E-state index contributed by atoms with van der Waals surface area (Å²) in [7, 11) is 1.65. The van der Waals surface area contributed by atoms with E-state index in [2.05, 4.69) is 101 Å². The van der Waals surface area contributed by atoms with E-state index in [-0.39, 0.29) is 0 Å². The summed E-state index contributed by atoms with van der Waals surface area (Å²) in [6.45, 7) is 11.5. The van der Waals surface area contributed by atoms with Crippen LogP contribution in [0.5, 0.6) is 0 Å². The molecular formula is C23H28NSi. The third-order valence-corrected chi connectivity index (χ3v) is 6.66. The van der Waals surface area contributed by atoms with Crippen molar-refractivity contribution >= 4 is 14.4 Å². The van der Waals surface area contributed by atoms with Gasteiger partial charge in [0.2, 0.25) is 0 Å². The van der Waals surface area contributed by atoms with Gasteiger partial charge in [-0.3, -0.25) is 0 Å². The van der Waals surface area contributed by atoms with Crippen molar-refractivity contribution < 1.29 is 0 Å². The third kappa shape index (κ3) is 3.36. The summed E-state index contributed by atoms with van der Waals surface area (Å²) in [6, 6.07) is 15.7. The van der Waals surface area contributed by atoms with Crippen molar-refractivity contribution in [3.05, 3.63) is 87.8 Å². The molecule has 0 saturated carbocycles. The van der Waals surface area contributed by atoms with Gasteiger partial charge in [0.15, 0.2) is 0 Å². The fourth-order valence-corrected chi connectivity index (χ4v) is 5.01. The van der Waals surface area contributed by atoms with Gasteiger partial charge in [-0.15, -0.1) is 0 Å². The third-order valence-electron chi connectivity index (χ3n) is 5.18. The molecule has 1 aliphatic heterocycles. The predicted octanol–water partition coefficient (Wildman–Crippen LogP) is 5.86. The van der Waals surface area contributed by atoms with Crippen LogP contribution in [0, 0.1) is 20.8 Å². The molecule has 1 radical (unpaired) electrons. The lowest BCUT2D eigenvalue weighted by atomic mass is 9.89. The van der Waals surface area contributed by atoms with E-state index < -0.39 is 8.80 Å². The molecule has 0 aromatic heterocycles. The predicted molar refractivity (Wildman–Crippen MR) is 111 cm³/mol. The van der Waals surface area contributed by atoms with Gasteiger partial charge in [0.05, 0.1) is 14.8 Å². The first kappa shape index (κ1) is 17.8. The first-order valence-electron chi connectivity index (χ1n) is 8.98. The molecule has 1 heterocycles. The molecule has 2 aromatic carbocycles. The number of likely N-dealkylation sites (N-methyl/N-ethyl adjacent to an activating group) is 1. The van der Waals surface area contributed by atoms with E-state index in [9.17, 15) is 0 Å². The molecule has 1 aliphatic rings. The lowest BCUT2D eigenvalue weighted by molar-refractivity contribution is 0.389. The highest BCUT2D eigenvalue weighted by atomic mass is 28.3. The first-order chi connectivity index (χ1) is 11.9. The summed E-state index contributed by atoms with van der Waals surface area (Å²) in [6.07, 6.45) is 4.89. The second-order valence-corrected chi connectivity index (χ2v) is 9.90. The molecule has 129 valence electrons. The van der Waals surface area contributed by atoms with Crippen LogP contribution in [0.15, 0.2) is 59.9 Å². The smallest absolute Gasteiger partial charge is 0.0819 e. The van der Waals surface area contributed by atoms with Crippen molar-refractivity contribution in [2.75, 3.05) is 7.05 Å². The summed E-state index contributed by atoms with van der Waals surface area (Å²) >= 11 is 0. The molecule has 0 saturated heterocycles. The minimum absolute atomic E-state index is 0.292. The summed E-state index contributed by atoms with van der Waals surface area (Å²) in [5.41, 5.74) is 8.35. The minimum atomic E-state index is -0.559. The molecule has 1 atom stereocenters. The molecule has 1 unspecified atom stereocenters. The van der Waals surface area contributed by atoms with Crippen LogP contribution in [-0.2, 0) is 0 Å². The quantitative estimate of drug-likeness (QED) is 0.629. The van der Waals surface area contributed by atoms with Gasteiger partial charge in [-0.1, -0.05) is 55.6 Å². The first-order valence-corrected chi connectivity index (χ1v) is 11.5. The van der Waals surface area contributed by atoms with Gasteiger partial charge in [0, 0.05) is 7.05 Å². The normalized spacial score (nSPS) is 17.6. The fraction of sp³-hybridized carbons (Fsp3) is 0.304. The highest BCUT2D eigenvalue weighted by Gasteiger charge is 2.26. The largest absolute Gasteiger partial charge is 0.370 e. The van der Waals surface area contributed by atoms with Gasteiger partial charge in [0.1, 0.15) is 0 Å². The van der Waals surface area contributed by atoms with Crippen LogP contribution < -0.4 is 0 Å². The summed E-state index contributed by atoms with van der Waals surface area (Å²) < 4.78 is 0. The van der Waals surface area contributed by atoms with Gasteiger partial charge in [-0.2, -0.15) is 0 Å². The number of benzene rings is 2. The van der Waals surface area contributed by atoms with Crippen molar-refractivity contribution in [1.82, 2.24) is 4.90 Å². The second kappa shape index (κ2) is 7.05. The Morgan fingerprint density at radius 3 is 2.04 bits per heavy atom. The van der Waals surface area contributed by atoms with Gasteiger partial charge in [-0.25, -0.2) is 0 Å². The highest BCUT2D eigenvalue weighted by molar-refractivity contribution is 6.67. The Morgan fingerprint density at radius 1 is 0.840 bits per heavy atom. The van der Waals surface area contributed by atoms with E-state index in [1.165, 1.54) is 38.6 Å². The maximum Gasteiger partial charge on any atom is 0.0819 e. The van der Waals surface area contributed by atoms with Crippen LogP contribution in [0.25, 0.3) is 5.57 Å². The number of hydrogen-bond acceptors (Lipinski definition) is 1. The number of aryl methyl sites for hydroxylation is 3. The van der Waals surface area contributed by atoms with E-state index >= 15 is 0 Å². The average Bonchev–Trinajstić information content (AvgIpc) is 2.56. The van der Waals surface area contributed by atoms with Gasteiger partial charge < -0.3 is 4.90 Å². The average molecular weight is 347 g/mol. The lowest BCUT2D eigenvalue weighted by Crippen LogP contribution is -2.26. The molecule has 0 aliphatic carbocycles. The minimum Gasteiger partial charge on any atom is -0.370 e. The Bertz CT molecular complexity index is 825. The molecule has 1 nitrogen and oxygen atoms in total. The zero-order valence-corrected chi connectivity index (χ0v) is 17.2. The second-order valence-electron chi connectivity index (χ2n) is 7.36. The SMILES string of the molecule is Cc1ccccc1C1C=C(c2c(C)cccc2C)C([Si](C)C)=CN1C. The van der Waals surface area contributed by atoms with Crippen LogP contribution in [0.3, 0.4) is 0 Å². The maximum atomic E-state index is 2.49. The Hall–Kier alpha value is -2.06. The molecule has 2 aromatic rings. The van der Waals surface area contributed by atoms with Crippen molar-refractivity contribution in [3.8, 4) is 0 Å². The highest BCUT2D eigenvalue weighted by Crippen LogP contribution is 2.39. The van der Waals surface area contributed by atoms with Gasteiger partial charge >= 0.3 is 0 Å². The Labute approximate surface area is 154 Å². The van der Waals surface area contributed by atoms with Gasteiger partial charge in [-0.05, 0) is 71.6 Å². The molecule has 0 amide bonds. The van der Waals surface area contributed by atoms with Crippen molar-refractivity contribution in [1.29, 1.82) is 0 Å². The Morgan fingerprint density at radius 2 is 1.44 bits per heavy atom. The lowest BCUT2D eigenvalue weighted by Gasteiger charge is -2.34. The van der Waals surface area contributed by atoms with E-state index in [1.54, 1.807) is 0 Å². The van der Waals surface area contributed by atoms with E-state index in [0.29, 0.717) is 6.04 Å². The number of hydrogen-bond donors (Lipinski definition) is 0. The molecule has 0 bridgehead atoms. The molecular weight excluding hydrogens is 318 g/mol. The van der Waals surface area contributed by atoms with Crippen molar-refractivity contribution in [3.63, 3.8) is 0 Å². The topological polar surface area (TPSA) is 3.24 Å². The fourth-order valence-electron chi connectivity index (χ4n) is 3.80. The van der Waals surface area contributed by atoms with E-state index in [4.69, 9.17) is 0 Å². The summed E-state index contributed by atoms with van der Waals surface area (Å²) in [5.74, 6) is 0.